The van der Waals surface area contributed by atoms with Crippen molar-refractivity contribution < 1.29 is 4.39 Å². The van der Waals surface area contributed by atoms with Crippen LogP contribution in [0.5, 0.6) is 0 Å². The molecule has 1 aromatic heterocycles. The zero-order valence-electron chi connectivity index (χ0n) is 7.88. The molecule has 0 saturated heterocycles. The van der Waals surface area contributed by atoms with Crippen LogP contribution in [0.3, 0.4) is 0 Å². The van der Waals surface area contributed by atoms with Crippen molar-refractivity contribution in [3.63, 3.8) is 0 Å². The average Bonchev–Trinajstić information content (AvgIpc) is 2.68. The molecule has 0 amide bonds. The molecule has 0 saturated carbocycles. The van der Waals surface area contributed by atoms with Gasteiger partial charge in [-0.1, -0.05) is 28.1 Å². The molecular formula is C11H6Br3FS. The Kier molecular flexibility index (Phi) is 4.21. The molecule has 1 heterocycles. The molecule has 0 fully saturated rings. The molecule has 5 heteroatoms. The van der Waals surface area contributed by atoms with Crippen LogP contribution in [0.2, 0.25) is 0 Å². The second-order valence-electron chi connectivity index (χ2n) is 3.14. The van der Waals surface area contributed by atoms with Crippen LogP contribution in [0.15, 0.2) is 38.6 Å². The van der Waals surface area contributed by atoms with Crippen molar-refractivity contribution in [3.05, 3.63) is 54.8 Å². The lowest BCUT2D eigenvalue weighted by Crippen LogP contribution is -1.95. The van der Waals surface area contributed by atoms with E-state index < -0.39 is 0 Å². The third kappa shape index (κ3) is 2.42. The summed E-state index contributed by atoms with van der Waals surface area (Å²) in [5, 5.41) is 1.98. The highest BCUT2D eigenvalue weighted by Gasteiger charge is 2.19. The van der Waals surface area contributed by atoms with Crippen molar-refractivity contribution in [3.8, 4) is 0 Å². The average molecular weight is 429 g/mol. The van der Waals surface area contributed by atoms with Gasteiger partial charge in [-0.2, -0.15) is 0 Å². The van der Waals surface area contributed by atoms with Gasteiger partial charge in [-0.15, -0.1) is 11.3 Å². The summed E-state index contributed by atoms with van der Waals surface area (Å²) in [7, 11) is 0. The Morgan fingerprint density at radius 2 is 1.88 bits per heavy atom. The van der Waals surface area contributed by atoms with E-state index in [2.05, 4.69) is 47.8 Å². The van der Waals surface area contributed by atoms with Crippen LogP contribution in [0.25, 0.3) is 0 Å². The highest BCUT2D eigenvalue weighted by atomic mass is 79.9. The molecule has 84 valence electrons. The van der Waals surface area contributed by atoms with E-state index in [0.717, 1.165) is 9.35 Å². The SMILES string of the molecule is Fc1c(Br)cccc1C(Br)c1sccc1Br. The monoisotopic (exact) mass is 426 g/mol. The Morgan fingerprint density at radius 3 is 2.50 bits per heavy atom. The van der Waals surface area contributed by atoms with E-state index in [1.54, 1.807) is 23.5 Å². The van der Waals surface area contributed by atoms with Crippen LogP contribution in [-0.2, 0) is 0 Å². The van der Waals surface area contributed by atoms with Gasteiger partial charge in [-0.25, -0.2) is 4.39 Å². The number of rotatable bonds is 2. The van der Waals surface area contributed by atoms with Crippen LogP contribution in [0.4, 0.5) is 4.39 Å². The quantitative estimate of drug-likeness (QED) is 0.522. The van der Waals surface area contributed by atoms with Crippen LogP contribution in [-0.4, -0.2) is 0 Å². The normalized spacial score (nSPS) is 12.8. The summed E-state index contributed by atoms with van der Waals surface area (Å²) in [6, 6.07) is 7.27. The van der Waals surface area contributed by atoms with E-state index in [1.165, 1.54) is 0 Å². The van der Waals surface area contributed by atoms with Crippen molar-refractivity contribution in [2.24, 2.45) is 0 Å². The van der Waals surface area contributed by atoms with E-state index in [-0.39, 0.29) is 10.6 Å². The Bertz CT molecular complexity index is 510. The van der Waals surface area contributed by atoms with E-state index >= 15 is 0 Å². The summed E-state index contributed by atoms with van der Waals surface area (Å²) < 4.78 is 15.4. The largest absolute Gasteiger partial charge is 0.205 e. The van der Waals surface area contributed by atoms with Gasteiger partial charge < -0.3 is 0 Å². The zero-order valence-corrected chi connectivity index (χ0v) is 13.5. The number of thiophene rings is 1. The maximum absolute atomic E-state index is 13.9. The van der Waals surface area contributed by atoms with Gasteiger partial charge in [0.1, 0.15) is 5.82 Å². The molecule has 0 radical (unpaired) electrons. The molecule has 2 aromatic rings. The number of halogens is 4. The third-order valence-electron chi connectivity index (χ3n) is 2.13. The van der Waals surface area contributed by atoms with Gasteiger partial charge in [0.2, 0.25) is 0 Å². The first-order chi connectivity index (χ1) is 7.61. The maximum atomic E-state index is 13.9. The molecule has 0 aliphatic heterocycles. The molecule has 0 spiro atoms. The van der Waals surface area contributed by atoms with Crippen LogP contribution >= 0.6 is 59.1 Å². The summed E-state index contributed by atoms with van der Waals surface area (Å²) in [5.74, 6) is -0.218. The van der Waals surface area contributed by atoms with Crippen LogP contribution in [0, 0.1) is 5.82 Å². The van der Waals surface area contributed by atoms with Crippen molar-refractivity contribution in [2.75, 3.05) is 0 Å². The molecule has 0 nitrogen and oxygen atoms in total. The molecule has 0 aliphatic carbocycles. The van der Waals surface area contributed by atoms with Crippen LogP contribution < -0.4 is 0 Å². The van der Waals surface area contributed by atoms with Gasteiger partial charge in [0.15, 0.2) is 0 Å². The summed E-state index contributed by atoms with van der Waals surface area (Å²) >= 11 is 11.8. The molecule has 1 unspecified atom stereocenters. The maximum Gasteiger partial charge on any atom is 0.142 e. The molecule has 1 atom stereocenters. The minimum absolute atomic E-state index is 0.126. The number of hydrogen-bond donors (Lipinski definition) is 0. The topological polar surface area (TPSA) is 0 Å². The van der Waals surface area contributed by atoms with Gasteiger partial charge in [-0.3, -0.25) is 0 Å². The van der Waals surface area contributed by atoms with E-state index in [1.807, 2.05) is 17.5 Å². The molecular weight excluding hydrogens is 423 g/mol. The Labute approximate surface area is 122 Å². The van der Waals surface area contributed by atoms with Gasteiger partial charge >= 0.3 is 0 Å². The minimum Gasteiger partial charge on any atom is -0.205 e. The van der Waals surface area contributed by atoms with E-state index in [4.69, 9.17) is 0 Å². The van der Waals surface area contributed by atoms with Gasteiger partial charge in [-0.05, 0) is 49.4 Å². The molecule has 16 heavy (non-hydrogen) atoms. The molecule has 0 N–H and O–H groups in total. The summed E-state index contributed by atoms with van der Waals surface area (Å²) in [6.45, 7) is 0. The molecule has 2 rings (SSSR count). The van der Waals surface area contributed by atoms with E-state index in [9.17, 15) is 4.39 Å². The fraction of sp³-hybridized carbons (Fsp3) is 0.0909. The first kappa shape index (κ1) is 12.7. The predicted molar refractivity (Wildman–Crippen MR) is 76.9 cm³/mol. The second kappa shape index (κ2) is 5.29. The third-order valence-corrected chi connectivity index (χ3v) is 5.93. The predicted octanol–water partition coefficient (Wildman–Crippen LogP) is 5.90. The van der Waals surface area contributed by atoms with Crippen LogP contribution in [0.1, 0.15) is 15.3 Å². The number of benzene rings is 1. The first-order valence-corrected chi connectivity index (χ1v) is 7.80. The van der Waals surface area contributed by atoms with Crippen molar-refractivity contribution in [1.29, 1.82) is 0 Å². The highest BCUT2D eigenvalue weighted by Crippen LogP contribution is 2.40. The smallest absolute Gasteiger partial charge is 0.142 e. The van der Waals surface area contributed by atoms with Gasteiger partial charge in [0.25, 0.3) is 0 Å². The zero-order chi connectivity index (χ0) is 11.7. The van der Waals surface area contributed by atoms with Crippen molar-refractivity contribution in [1.82, 2.24) is 0 Å². The fourth-order valence-corrected chi connectivity index (χ4v) is 4.55. The van der Waals surface area contributed by atoms with Gasteiger partial charge in [0.05, 0.1) is 9.30 Å². The first-order valence-electron chi connectivity index (χ1n) is 4.42. The Hall–Kier alpha value is 0.290. The van der Waals surface area contributed by atoms with Crippen molar-refractivity contribution >= 4 is 59.1 Å². The summed E-state index contributed by atoms with van der Waals surface area (Å²) in [6.07, 6.45) is 0. The summed E-state index contributed by atoms with van der Waals surface area (Å²) in [4.78, 5) is 0.941. The fourth-order valence-electron chi connectivity index (χ4n) is 1.34. The standard InChI is InChI=1S/C11H6Br3FS/c12-7-3-1-2-6(10(7)15)9(14)11-8(13)4-5-16-11/h1-5,9H. The Morgan fingerprint density at radius 1 is 1.12 bits per heavy atom. The molecule has 1 aromatic carbocycles. The lowest BCUT2D eigenvalue weighted by Gasteiger charge is -2.11. The number of hydrogen-bond acceptors (Lipinski definition) is 1. The minimum atomic E-state index is -0.218. The molecule has 0 bridgehead atoms. The number of alkyl halides is 1. The lowest BCUT2D eigenvalue weighted by atomic mass is 10.1. The lowest BCUT2D eigenvalue weighted by molar-refractivity contribution is 0.607. The highest BCUT2D eigenvalue weighted by molar-refractivity contribution is 9.11. The molecule has 0 aliphatic rings. The van der Waals surface area contributed by atoms with Gasteiger partial charge in [0, 0.05) is 14.9 Å². The van der Waals surface area contributed by atoms with E-state index in [0.29, 0.717) is 10.0 Å². The Balaban J connectivity index is 2.46. The summed E-state index contributed by atoms with van der Waals surface area (Å²) in [5.41, 5.74) is 0.637. The van der Waals surface area contributed by atoms with Crippen molar-refractivity contribution in [2.45, 2.75) is 4.83 Å². The second-order valence-corrected chi connectivity index (χ2v) is 6.71.